The zero-order valence-electron chi connectivity index (χ0n) is 17.7. The number of carboxylic acid groups (broad SMARTS) is 1. The third-order valence-electron chi connectivity index (χ3n) is 6.76. The molecule has 2 aromatic carbocycles. The maximum Gasteiger partial charge on any atom is 0.303 e. The van der Waals surface area contributed by atoms with Crippen LogP contribution in [0.15, 0.2) is 42.5 Å². The van der Waals surface area contributed by atoms with E-state index in [0.717, 1.165) is 11.1 Å². The van der Waals surface area contributed by atoms with Crippen LogP contribution in [0.4, 0.5) is 11.4 Å². The van der Waals surface area contributed by atoms with Crippen molar-refractivity contribution < 1.29 is 24.3 Å². The minimum absolute atomic E-state index is 0.132. The quantitative estimate of drug-likeness (QED) is 0.636. The van der Waals surface area contributed by atoms with Crippen molar-refractivity contribution >= 4 is 35.1 Å². The van der Waals surface area contributed by atoms with E-state index in [1.54, 1.807) is 36.4 Å². The number of fused-ring (bicyclic) bond motifs is 4. The predicted molar refractivity (Wildman–Crippen MR) is 116 cm³/mol. The van der Waals surface area contributed by atoms with Gasteiger partial charge >= 0.3 is 5.97 Å². The number of benzene rings is 2. The lowest BCUT2D eigenvalue weighted by molar-refractivity contribution is -0.137. The number of nitrogens with one attached hydrogen (secondary N) is 2. The number of aliphatic carboxylic acids is 1. The predicted octanol–water partition coefficient (Wildman–Crippen LogP) is 2.09. The number of amides is 3. The lowest BCUT2D eigenvalue weighted by atomic mass is 9.76. The Labute approximate surface area is 184 Å². The molecule has 0 unspecified atom stereocenters. The lowest BCUT2D eigenvalue weighted by Crippen LogP contribution is -2.53. The molecule has 3 N–H and O–H groups in total. The maximum atomic E-state index is 13.8. The van der Waals surface area contributed by atoms with Crippen molar-refractivity contribution in [1.29, 1.82) is 0 Å². The average molecular weight is 433 g/mol. The number of carbonyl (C=O) groups is 4. The minimum atomic E-state index is -1.41. The molecule has 5 rings (SSSR count). The van der Waals surface area contributed by atoms with Gasteiger partial charge in [0.05, 0.1) is 17.5 Å². The van der Waals surface area contributed by atoms with Gasteiger partial charge in [-0.25, -0.2) is 4.90 Å². The van der Waals surface area contributed by atoms with Crippen LogP contribution in [-0.4, -0.2) is 34.8 Å². The van der Waals surface area contributed by atoms with Gasteiger partial charge in [-0.15, -0.1) is 0 Å². The van der Waals surface area contributed by atoms with E-state index in [0.29, 0.717) is 16.9 Å². The first-order valence-corrected chi connectivity index (χ1v) is 10.6. The van der Waals surface area contributed by atoms with Gasteiger partial charge in [-0.05, 0) is 49.6 Å². The van der Waals surface area contributed by atoms with Gasteiger partial charge in [-0.3, -0.25) is 24.5 Å². The fraction of sp³-hybridized carbons (Fsp3) is 0.333. The van der Waals surface area contributed by atoms with Crippen molar-refractivity contribution in [1.82, 2.24) is 5.32 Å². The molecule has 3 aliphatic rings. The van der Waals surface area contributed by atoms with Gasteiger partial charge in [0.2, 0.25) is 17.7 Å². The Morgan fingerprint density at radius 3 is 2.44 bits per heavy atom. The van der Waals surface area contributed by atoms with Crippen LogP contribution in [0.1, 0.15) is 29.5 Å². The standard InChI is InChI=1S/C24H23N3O5/c1-12-9-13(2)11-14(10-12)27-21(30)19-17(7-8-18(28)29)26-24(20(19)22(27)31)15-5-3-4-6-16(15)25-23(24)32/h3-6,9-11,17,19-20,26H,7-8H2,1-2H3,(H,25,32)(H,28,29)/t17-,19-,20-,24-/m0/s1. The summed E-state index contributed by atoms with van der Waals surface area (Å²) in [4.78, 5) is 53.2. The molecular weight excluding hydrogens is 410 g/mol. The molecule has 3 heterocycles. The number of carbonyl (C=O) groups excluding carboxylic acids is 3. The summed E-state index contributed by atoms with van der Waals surface area (Å²) in [6.45, 7) is 3.78. The monoisotopic (exact) mass is 433 g/mol. The average Bonchev–Trinajstić information content (AvgIpc) is 3.30. The summed E-state index contributed by atoms with van der Waals surface area (Å²) in [6.07, 6.45) is -0.0430. The highest BCUT2D eigenvalue weighted by atomic mass is 16.4. The van der Waals surface area contributed by atoms with Gasteiger partial charge in [0, 0.05) is 23.7 Å². The SMILES string of the molecule is Cc1cc(C)cc(N2C(=O)[C@H]3[C@H](CCC(=O)O)N[C@]4(C(=O)Nc5ccccc54)[C@@H]3C2=O)c1. The van der Waals surface area contributed by atoms with E-state index in [1.807, 2.05) is 19.9 Å². The number of hydrogen-bond donors (Lipinski definition) is 3. The first-order valence-electron chi connectivity index (χ1n) is 10.6. The molecular formula is C24H23N3O5. The molecule has 2 saturated heterocycles. The molecule has 2 aromatic rings. The number of anilines is 2. The van der Waals surface area contributed by atoms with Crippen molar-refractivity contribution in [3.05, 3.63) is 59.2 Å². The lowest BCUT2D eigenvalue weighted by Gasteiger charge is -2.29. The molecule has 32 heavy (non-hydrogen) atoms. The molecule has 0 radical (unpaired) electrons. The Morgan fingerprint density at radius 2 is 1.75 bits per heavy atom. The molecule has 4 atom stereocenters. The maximum absolute atomic E-state index is 13.8. The molecule has 8 heteroatoms. The Bertz CT molecular complexity index is 1170. The second kappa shape index (κ2) is 7.00. The number of para-hydroxylation sites is 1. The van der Waals surface area contributed by atoms with E-state index < -0.39 is 47.1 Å². The van der Waals surface area contributed by atoms with Crippen molar-refractivity contribution in [3.63, 3.8) is 0 Å². The molecule has 0 aliphatic carbocycles. The highest BCUT2D eigenvalue weighted by Crippen LogP contribution is 2.54. The highest BCUT2D eigenvalue weighted by Gasteiger charge is 2.70. The van der Waals surface area contributed by atoms with E-state index in [4.69, 9.17) is 0 Å². The topological polar surface area (TPSA) is 116 Å². The zero-order valence-corrected chi connectivity index (χ0v) is 17.7. The van der Waals surface area contributed by atoms with Crippen LogP contribution in [-0.2, 0) is 24.7 Å². The molecule has 3 aliphatic heterocycles. The van der Waals surface area contributed by atoms with Gasteiger partial charge in [-0.2, -0.15) is 0 Å². The van der Waals surface area contributed by atoms with Gasteiger partial charge in [0.25, 0.3) is 0 Å². The fourth-order valence-corrected chi connectivity index (χ4v) is 5.62. The fourth-order valence-electron chi connectivity index (χ4n) is 5.62. The van der Waals surface area contributed by atoms with E-state index >= 15 is 0 Å². The Hall–Kier alpha value is -3.52. The van der Waals surface area contributed by atoms with Crippen molar-refractivity contribution in [3.8, 4) is 0 Å². The number of rotatable bonds is 4. The van der Waals surface area contributed by atoms with Gasteiger partial charge in [0.15, 0.2) is 0 Å². The van der Waals surface area contributed by atoms with Crippen LogP contribution < -0.4 is 15.5 Å². The van der Waals surface area contributed by atoms with Gasteiger partial charge in [0.1, 0.15) is 5.54 Å². The van der Waals surface area contributed by atoms with E-state index in [-0.39, 0.29) is 12.8 Å². The first kappa shape index (κ1) is 20.4. The molecule has 0 saturated carbocycles. The van der Waals surface area contributed by atoms with Crippen LogP contribution in [0.25, 0.3) is 0 Å². The van der Waals surface area contributed by atoms with Crippen LogP contribution in [0, 0.1) is 25.7 Å². The minimum Gasteiger partial charge on any atom is -0.481 e. The number of carboxylic acids is 1. The summed E-state index contributed by atoms with van der Waals surface area (Å²) in [5.41, 5.74) is 2.10. The van der Waals surface area contributed by atoms with E-state index in [9.17, 15) is 24.3 Å². The van der Waals surface area contributed by atoms with Crippen molar-refractivity contribution in [2.75, 3.05) is 10.2 Å². The molecule has 0 bridgehead atoms. The van der Waals surface area contributed by atoms with Crippen LogP contribution in [0.5, 0.6) is 0 Å². The van der Waals surface area contributed by atoms with Crippen molar-refractivity contribution in [2.45, 2.75) is 38.3 Å². The first-order chi connectivity index (χ1) is 15.2. The van der Waals surface area contributed by atoms with Crippen LogP contribution in [0.3, 0.4) is 0 Å². The van der Waals surface area contributed by atoms with Gasteiger partial charge in [-0.1, -0.05) is 24.3 Å². The van der Waals surface area contributed by atoms with E-state index in [1.165, 1.54) is 4.90 Å². The summed E-state index contributed by atoms with van der Waals surface area (Å²) < 4.78 is 0. The number of imide groups is 1. The summed E-state index contributed by atoms with van der Waals surface area (Å²) in [5, 5.41) is 15.3. The Morgan fingerprint density at radius 1 is 1.06 bits per heavy atom. The normalized spacial score (nSPS) is 28.2. The molecule has 3 amide bonds. The summed E-state index contributed by atoms with van der Waals surface area (Å²) in [7, 11) is 0. The third kappa shape index (κ3) is 2.72. The third-order valence-corrected chi connectivity index (χ3v) is 6.76. The second-order valence-electron chi connectivity index (χ2n) is 8.85. The number of hydrogen-bond acceptors (Lipinski definition) is 5. The summed E-state index contributed by atoms with van der Waals surface area (Å²) >= 11 is 0. The highest BCUT2D eigenvalue weighted by molar-refractivity contribution is 6.25. The van der Waals surface area contributed by atoms with Crippen molar-refractivity contribution in [2.24, 2.45) is 11.8 Å². The van der Waals surface area contributed by atoms with Crippen LogP contribution >= 0.6 is 0 Å². The second-order valence-corrected chi connectivity index (χ2v) is 8.85. The number of aryl methyl sites for hydroxylation is 2. The molecule has 2 fully saturated rings. The van der Waals surface area contributed by atoms with Gasteiger partial charge < -0.3 is 10.4 Å². The smallest absolute Gasteiger partial charge is 0.303 e. The molecule has 164 valence electrons. The summed E-state index contributed by atoms with van der Waals surface area (Å²) in [6, 6.07) is 12.0. The zero-order chi connectivity index (χ0) is 22.8. The molecule has 1 spiro atoms. The largest absolute Gasteiger partial charge is 0.481 e. The summed E-state index contributed by atoms with van der Waals surface area (Å²) in [5.74, 6) is -4.03. The van der Waals surface area contributed by atoms with E-state index in [2.05, 4.69) is 10.6 Å². The Balaban J connectivity index is 1.65. The Kier molecular flexibility index (Phi) is 4.46. The number of nitrogens with zero attached hydrogens (tertiary/aromatic N) is 1. The molecule has 0 aromatic heterocycles. The molecule has 8 nitrogen and oxygen atoms in total. The van der Waals surface area contributed by atoms with Crippen LogP contribution in [0.2, 0.25) is 0 Å².